The Bertz CT molecular complexity index is 754. The van der Waals surface area contributed by atoms with Crippen molar-refractivity contribution >= 4 is 17.5 Å². The highest BCUT2D eigenvalue weighted by molar-refractivity contribution is 5.96. The van der Waals surface area contributed by atoms with Crippen molar-refractivity contribution < 1.29 is 14.3 Å². The van der Waals surface area contributed by atoms with E-state index in [2.05, 4.69) is 9.88 Å². The first-order valence-electron chi connectivity index (χ1n) is 9.28. The average molecular weight is 367 g/mol. The number of benzene rings is 1. The monoisotopic (exact) mass is 367 g/mol. The van der Waals surface area contributed by atoms with Gasteiger partial charge in [-0.15, -0.1) is 0 Å². The molecule has 142 valence electrons. The number of methoxy groups -OCH3 is 1. The van der Waals surface area contributed by atoms with Crippen LogP contribution in [0.5, 0.6) is 5.75 Å². The van der Waals surface area contributed by atoms with Gasteiger partial charge in [-0.1, -0.05) is 6.07 Å². The lowest BCUT2D eigenvalue weighted by Gasteiger charge is -2.35. The molecule has 2 aromatic rings. The van der Waals surface area contributed by atoms with Crippen LogP contribution in [-0.4, -0.2) is 54.9 Å². The summed E-state index contributed by atoms with van der Waals surface area (Å²) >= 11 is 0. The van der Waals surface area contributed by atoms with Gasteiger partial charge in [0.2, 0.25) is 5.91 Å². The highest BCUT2D eigenvalue weighted by Crippen LogP contribution is 2.16. The van der Waals surface area contributed by atoms with E-state index < -0.39 is 0 Å². The number of carbonyl (C=O) groups is 2. The van der Waals surface area contributed by atoms with Crippen molar-refractivity contribution in [1.82, 2.24) is 9.88 Å². The SMILES string of the molecule is COc1ccc(C(=O)CCCC(=O)N2CCN(c3ccccn3)CC2)cc1. The summed E-state index contributed by atoms with van der Waals surface area (Å²) in [5.74, 6) is 1.87. The Balaban J connectivity index is 1.40. The Morgan fingerprint density at radius 1 is 1.00 bits per heavy atom. The molecule has 0 radical (unpaired) electrons. The van der Waals surface area contributed by atoms with Gasteiger partial charge in [0.25, 0.3) is 0 Å². The molecular formula is C21H25N3O3. The summed E-state index contributed by atoms with van der Waals surface area (Å²) in [4.78, 5) is 33.1. The number of pyridine rings is 1. The van der Waals surface area contributed by atoms with Crippen molar-refractivity contribution in [2.24, 2.45) is 0 Å². The summed E-state index contributed by atoms with van der Waals surface area (Å²) in [5, 5.41) is 0. The van der Waals surface area contributed by atoms with Crippen LogP contribution >= 0.6 is 0 Å². The number of Topliss-reactive ketones (excluding diaryl/α,β-unsaturated/α-hetero) is 1. The second-order valence-corrected chi connectivity index (χ2v) is 6.56. The molecule has 1 aromatic heterocycles. The predicted molar refractivity (Wildman–Crippen MR) is 104 cm³/mol. The number of ketones is 1. The number of aromatic nitrogens is 1. The topological polar surface area (TPSA) is 62.7 Å². The maximum atomic E-state index is 12.4. The van der Waals surface area contributed by atoms with E-state index in [1.54, 1.807) is 37.6 Å². The van der Waals surface area contributed by atoms with Crippen LogP contribution in [0.3, 0.4) is 0 Å². The number of rotatable bonds is 7. The van der Waals surface area contributed by atoms with Crippen LogP contribution < -0.4 is 9.64 Å². The Hall–Kier alpha value is -2.89. The molecule has 0 spiro atoms. The minimum Gasteiger partial charge on any atom is -0.497 e. The van der Waals surface area contributed by atoms with Gasteiger partial charge < -0.3 is 14.5 Å². The van der Waals surface area contributed by atoms with Crippen LogP contribution in [0.2, 0.25) is 0 Å². The molecule has 27 heavy (non-hydrogen) atoms. The van der Waals surface area contributed by atoms with Crippen molar-refractivity contribution in [3.05, 3.63) is 54.2 Å². The number of anilines is 1. The van der Waals surface area contributed by atoms with Gasteiger partial charge in [0.05, 0.1) is 7.11 Å². The molecule has 0 unspecified atom stereocenters. The van der Waals surface area contributed by atoms with Gasteiger partial charge >= 0.3 is 0 Å². The Labute approximate surface area is 159 Å². The summed E-state index contributed by atoms with van der Waals surface area (Å²) in [5.41, 5.74) is 0.659. The van der Waals surface area contributed by atoms with Crippen LogP contribution in [-0.2, 0) is 4.79 Å². The van der Waals surface area contributed by atoms with E-state index >= 15 is 0 Å². The second-order valence-electron chi connectivity index (χ2n) is 6.56. The first kappa shape index (κ1) is 18.9. The molecule has 0 saturated carbocycles. The minimum absolute atomic E-state index is 0.0606. The number of ether oxygens (including phenoxy) is 1. The molecule has 6 heteroatoms. The molecule has 0 N–H and O–H groups in total. The summed E-state index contributed by atoms with van der Waals surface area (Å²) in [7, 11) is 1.60. The molecule has 1 aromatic carbocycles. The van der Waals surface area contributed by atoms with Gasteiger partial charge in [0, 0.05) is 50.8 Å². The van der Waals surface area contributed by atoms with Crippen LogP contribution in [0.25, 0.3) is 0 Å². The summed E-state index contributed by atoms with van der Waals surface area (Å²) < 4.78 is 5.10. The van der Waals surface area contributed by atoms with Crippen molar-refractivity contribution in [2.45, 2.75) is 19.3 Å². The maximum absolute atomic E-state index is 12.4. The third kappa shape index (κ3) is 5.06. The third-order valence-electron chi connectivity index (χ3n) is 4.81. The lowest BCUT2D eigenvalue weighted by atomic mass is 10.0. The molecule has 1 amide bonds. The average Bonchev–Trinajstić information content (AvgIpc) is 2.74. The quantitative estimate of drug-likeness (QED) is 0.704. The van der Waals surface area contributed by atoms with E-state index in [0.29, 0.717) is 37.9 Å². The number of amides is 1. The molecule has 1 saturated heterocycles. The molecule has 1 fully saturated rings. The fraction of sp³-hybridized carbons (Fsp3) is 0.381. The first-order valence-corrected chi connectivity index (χ1v) is 9.28. The molecule has 0 bridgehead atoms. The predicted octanol–water partition coefficient (Wildman–Crippen LogP) is 2.79. The summed E-state index contributed by atoms with van der Waals surface area (Å²) in [6.07, 6.45) is 3.15. The smallest absolute Gasteiger partial charge is 0.222 e. The number of hydrogen-bond donors (Lipinski definition) is 0. The minimum atomic E-state index is 0.0606. The van der Waals surface area contributed by atoms with E-state index in [9.17, 15) is 9.59 Å². The van der Waals surface area contributed by atoms with Crippen LogP contribution in [0.1, 0.15) is 29.6 Å². The zero-order chi connectivity index (χ0) is 19.1. The van der Waals surface area contributed by atoms with Gasteiger partial charge in [-0.05, 0) is 42.8 Å². The maximum Gasteiger partial charge on any atom is 0.222 e. The van der Waals surface area contributed by atoms with E-state index in [-0.39, 0.29) is 11.7 Å². The fourth-order valence-corrected chi connectivity index (χ4v) is 3.21. The lowest BCUT2D eigenvalue weighted by molar-refractivity contribution is -0.131. The Morgan fingerprint density at radius 3 is 2.37 bits per heavy atom. The van der Waals surface area contributed by atoms with Gasteiger partial charge in [-0.2, -0.15) is 0 Å². The molecule has 0 atom stereocenters. The number of piperazine rings is 1. The van der Waals surface area contributed by atoms with Gasteiger partial charge in [0.15, 0.2) is 5.78 Å². The third-order valence-corrected chi connectivity index (χ3v) is 4.81. The molecule has 1 aliphatic heterocycles. The van der Waals surface area contributed by atoms with Gasteiger partial charge in [0.1, 0.15) is 11.6 Å². The number of nitrogens with zero attached hydrogens (tertiary/aromatic N) is 3. The zero-order valence-corrected chi connectivity index (χ0v) is 15.6. The van der Waals surface area contributed by atoms with Crippen molar-refractivity contribution in [3.63, 3.8) is 0 Å². The molecule has 0 aliphatic carbocycles. The molecule has 3 rings (SSSR count). The van der Waals surface area contributed by atoms with Crippen LogP contribution in [0.15, 0.2) is 48.7 Å². The molecular weight excluding hydrogens is 342 g/mol. The highest BCUT2D eigenvalue weighted by atomic mass is 16.5. The van der Waals surface area contributed by atoms with Gasteiger partial charge in [-0.25, -0.2) is 4.98 Å². The standard InChI is InChI=1S/C21H25N3O3/c1-27-18-10-8-17(9-11-18)19(25)5-4-7-21(26)24-15-13-23(14-16-24)20-6-2-3-12-22-20/h2-3,6,8-12H,4-5,7,13-16H2,1H3. The zero-order valence-electron chi connectivity index (χ0n) is 15.6. The second kappa shape index (κ2) is 9.16. The molecule has 6 nitrogen and oxygen atoms in total. The lowest BCUT2D eigenvalue weighted by Crippen LogP contribution is -2.49. The van der Waals surface area contributed by atoms with Gasteiger partial charge in [-0.3, -0.25) is 9.59 Å². The summed E-state index contributed by atoms with van der Waals surface area (Å²) in [6.45, 7) is 2.96. The fourth-order valence-electron chi connectivity index (χ4n) is 3.21. The van der Waals surface area contributed by atoms with Crippen LogP contribution in [0, 0.1) is 0 Å². The van der Waals surface area contributed by atoms with E-state index in [4.69, 9.17) is 4.74 Å². The molecule has 1 aliphatic rings. The molecule has 2 heterocycles. The Morgan fingerprint density at radius 2 is 1.74 bits per heavy atom. The van der Waals surface area contributed by atoms with Crippen molar-refractivity contribution in [1.29, 1.82) is 0 Å². The van der Waals surface area contributed by atoms with Crippen LogP contribution in [0.4, 0.5) is 5.82 Å². The largest absolute Gasteiger partial charge is 0.497 e. The van der Waals surface area contributed by atoms with E-state index in [1.165, 1.54) is 0 Å². The Kier molecular flexibility index (Phi) is 6.41. The van der Waals surface area contributed by atoms with Crippen molar-refractivity contribution in [3.8, 4) is 5.75 Å². The number of hydrogen-bond acceptors (Lipinski definition) is 5. The number of carbonyl (C=O) groups excluding carboxylic acids is 2. The highest BCUT2D eigenvalue weighted by Gasteiger charge is 2.21. The van der Waals surface area contributed by atoms with E-state index in [0.717, 1.165) is 24.7 Å². The first-order chi connectivity index (χ1) is 13.2. The normalized spacial score (nSPS) is 14.1. The summed E-state index contributed by atoms with van der Waals surface area (Å²) in [6, 6.07) is 12.9. The van der Waals surface area contributed by atoms with Crippen molar-refractivity contribution in [2.75, 3.05) is 38.2 Å². The van der Waals surface area contributed by atoms with E-state index in [1.807, 2.05) is 23.1 Å².